The summed E-state index contributed by atoms with van der Waals surface area (Å²) in [4.78, 5) is 11.6. The van der Waals surface area contributed by atoms with Gasteiger partial charge in [-0.2, -0.15) is 5.26 Å². The first kappa shape index (κ1) is 12.9. The fourth-order valence-corrected chi connectivity index (χ4v) is 1.88. The first-order valence-corrected chi connectivity index (χ1v) is 5.97. The smallest absolute Gasteiger partial charge is 0.161 e. The van der Waals surface area contributed by atoms with E-state index in [-0.39, 0.29) is 11.8 Å². The molecule has 4 heteroatoms. The molecule has 4 nitrogen and oxygen atoms in total. The van der Waals surface area contributed by atoms with Crippen LogP contribution in [-0.4, -0.2) is 5.78 Å². The molecule has 96 valence electrons. The van der Waals surface area contributed by atoms with Crippen molar-refractivity contribution in [2.45, 2.75) is 19.9 Å². The fourth-order valence-electron chi connectivity index (χ4n) is 1.88. The maximum absolute atomic E-state index is 11.6. The number of ketones is 1. The lowest BCUT2D eigenvalue weighted by Crippen LogP contribution is -2.09. The zero-order valence-electron chi connectivity index (χ0n) is 10.8. The van der Waals surface area contributed by atoms with Crippen molar-refractivity contribution in [1.82, 2.24) is 0 Å². The summed E-state index contributed by atoms with van der Waals surface area (Å²) < 4.78 is 5.31. The minimum Gasteiger partial charge on any atom is -0.467 e. The number of rotatable bonds is 4. The summed E-state index contributed by atoms with van der Waals surface area (Å²) >= 11 is 0. The van der Waals surface area contributed by atoms with Crippen molar-refractivity contribution in [3.8, 4) is 6.07 Å². The molecule has 1 aromatic carbocycles. The molecule has 2 aromatic rings. The molecule has 0 aliphatic heterocycles. The molecule has 0 radical (unpaired) electrons. The van der Waals surface area contributed by atoms with Gasteiger partial charge in [0.05, 0.1) is 23.9 Å². The van der Waals surface area contributed by atoms with Crippen LogP contribution in [0.15, 0.2) is 41.0 Å². The molecule has 0 aliphatic carbocycles. The normalized spacial score (nSPS) is 11.6. The minimum atomic E-state index is -0.0814. The van der Waals surface area contributed by atoms with Gasteiger partial charge in [0.15, 0.2) is 5.78 Å². The molecule has 0 aliphatic rings. The number of carbonyl (C=O) groups is 1. The third-order valence-electron chi connectivity index (χ3n) is 2.87. The predicted molar refractivity (Wildman–Crippen MR) is 71.9 cm³/mol. The Bertz CT molecular complexity index is 624. The average Bonchev–Trinajstić information content (AvgIpc) is 2.92. The van der Waals surface area contributed by atoms with Crippen LogP contribution in [0.2, 0.25) is 0 Å². The van der Waals surface area contributed by atoms with Crippen LogP contribution < -0.4 is 5.32 Å². The Kier molecular flexibility index (Phi) is 3.67. The van der Waals surface area contributed by atoms with Crippen molar-refractivity contribution >= 4 is 11.5 Å². The number of hydrogen-bond donors (Lipinski definition) is 1. The summed E-state index contributed by atoms with van der Waals surface area (Å²) in [6, 6.07) is 10.6. The van der Waals surface area contributed by atoms with Crippen molar-refractivity contribution in [2.75, 3.05) is 5.32 Å². The molecular formula is C15H14N2O2. The monoisotopic (exact) mass is 254 g/mol. The van der Waals surface area contributed by atoms with E-state index in [1.165, 1.54) is 6.92 Å². The van der Waals surface area contributed by atoms with E-state index in [1.807, 2.05) is 19.1 Å². The van der Waals surface area contributed by atoms with Crippen LogP contribution in [-0.2, 0) is 0 Å². The summed E-state index contributed by atoms with van der Waals surface area (Å²) in [6.07, 6.45) is 1.60. The summed E-state index contributed by atoms with van der Waals surface area (Å²) in [5, 5.41) is 12.1. The largest absolute Gasteiger partial charge is 0.467 e. The molecule has 2 rings (SSSR count). The van der Waals surface area contributed by atoms with Gasteiger partial charge in [0.25, 0.3) is 0 Å². The third-order valence-corrected chi connectivity index (χ3v) is 2.87. The van der Waals surface area contributed by atoms with Gasteiger partial charge in [-0.25, -0.2) is 0 Å². The second kappa shape index (κ2) is 5.40. The maximum Gasteiger partial charge on any atom is 0.161 e. The number of hydrogen-bond acceptors (Lipinski definition) is 4. The number of nitrogens with one attached hydrogen (secondary N) is 1. The predicted octanol–water partition coefficient (Wildman–Crippen LogP) is 3.53. The second-order valence-electron chi connectivity index (χ2n) is 4.31. The van der Waals surface area contributed by atoms with Gasteiger partial charge in [0, 0.05) is 11.3 Å². The summed E-state index contributed by atoms with van der Waals surface area (Å²) in [5.41, 5.74) is 1.73. The number of nitriles is 1. The highest BCUT2D eigenvalue weighted by Gasteiger charge is 2.13. The molecule has 0 saturated carbocycles. The fraction of sp³-hybridized carbons (Fsp3) is 0.200. The zero-order chi connectivity index (χ0) is 13.8. The summed E-state index contributed by atoms with van der Waals surface area (Å²) in [6.45, 7) is 3.44. The van der Waals surface area contributed by atoms with Crippen molar-refractivity contribution in [3.63, 3.8) is 0 Å². The number of furan rings is 1. The highest BCUT2D eigenvalue weighted by atomic mass is 16.3. The molecule has 19 heavy (non-hydrogen) atoms. The number of anilines is 1. The van der Waals surface area contributed by atoms with Crippen molar-refractivity contribution in [2.24, 2.45) is 0 Å². The van der Waals surface area contributed by atoms with E-state index >= 15 is 0 Å². The summed E-state index contributed by atoms with van der Waals surface area (Å²) in [7, 11) is 0. The van der Waals surface area contributed by atoms with E-state index in [9.17, 15) is 4.79 Å². The highest BCUT2D eigenvalue weighted by Crippen LogP contribution is 2.24. The Balaban J connectivity index is 2.32. The topological polar surface area (TPSA) is 66.0 Å². The van der Waals surface area contributed by atoms with Crippen LogP contribution in [0, 0.1) is 11.3 Å². The van der Waals surface area contributed by atoms with Gasteiger partial charge in [-0.3, -0.25) is 4.79 Å². The van der Waals surface area contributed by atoms with Crippen LogP contribution in [0.5, 0.6) is 0 Å². The number of benzene rings is 1. The Morgan fingerprint density at radius 2 is 2.21 bits per heavy atom. The van der Waals surface area contributed by atoms with Crippen LogP contribution in [0.3, 0.4) is 0 Å². The van der Waals surface area contributed by atoms with Crippen LogP contribution in [0.1, 0.15) is 41.6 Å². The van der Waals surface area contributed by atoms with Gasteiger partial charge in [-0.05, 0) is 44.2 Å². The van der Waals surface area contributed by atoms with Gasteiger partial charge in [0.1, 0.15) is 5.76 Å². The van der Waals surface area contributed by atoms with Crippen LogP contribution >= 0.6 is 0 Å². The second-order valence-corrected chi connectivity index (χ2v) is 4.31. The van der Waals surface area contributed by atoms with Gasteiger partial charge in [0.2, 0.25) is 0 Å². The van der Waals surface area contributed by atoms with Gasteiger partial charge < -0.3 is 9.73 Å². The van der Waals surface area contributed by atoms with Gasteiger partial charge in [-0.15, -0.1) is 0 Å². The molecule has 0 amide bonds. The van der Waals surface area contributed by atoms with Crippen molar-refractivity contribution < 1.29 is 9.21 Å². The molecule has 0 spiro atoms. The van der Waals surface area contributed by atoms with E-state index < -0.39 is 0 Å². The molecule has 1 N–H and O–H groups in total. The zero-order valence-corrected chi connectivity index (χ0v) is 10.8. The summed E-state index contributed by atoms with van der Waals surface area (Å²) in [5.74, 6) is 0.732. The van der Waals surface area contributed by atoms with Gasteiger partial charge >= 0.3 is 0 Å². The van der Waals surface area contributed by atoms with Gasteiger partial charge in [-0.1, -0.05) is 0 Å². The number of Topliss-reactive ketones (excluding diaryl/α,β-unsaturated/α-hetero) is 1. The Hall–Kier alpha value is -2.54. The molecule has 0 saturated heterocycles. The lowest BCUT2D eigenvalue weighted by atomic mass is 10.1. The number of nitrogens with zero attached hydrogens (tertiary/aromatic N) is 1. The van der Waals surface area contributed by atoms with Crippen molar-refractivity contribution in [1.29, 1.82) is 5.26 Å². The molecule has 0 bridgehead atoms. The van der Waals surface area contributed by atoms with E-state index in [0.717, 1.165) is 5.76 Å². The number of carbonyl (C=O) groups excluding carboxylic acids is 1. The first-order chi connectivity index (χ1) is 9.11. The van der Waals surface area contributed by atoms with E-state index in [2.05, 4.69) is 11.4 Å². The standard InChI is InChI=1S/C15H14N2O2/c1-10(15-4-3-7-19-15)17-14-8-12(9-16)5-6-13(14)11(2)18/h3-8,10,17H,1-2H3. The van der Waals surface area contributed by atoms with E-state index in [4.69, 9.17) is 9.68 Å². The molecule has 1 heterocycles. The SMILES string of the molecule is CC(=O)c1ccc(C#N)cc1NC(C)c1ccco1. The lowest BCUT2D eigenvalue weighted by molar-refractivity contribution is 0.101. The average molecular weight is 254 g/mol. The third kappa shape index (κ3) is 2.83. The lowest BCUT2D eigenvalue weighted by Gasteiger charge is -2.15. The molecule has 1 atom stereocenters. The highest BCUT2D eigenvalue weighted by molar-refractivity contribution is 5.99. The Morgan fingerprint density at radius 1 is 1.42 bits per heavy atom. The quantitative estimate of drug-likeness (QED) is 0.847. The van der Waals surface area contributed by atoms with E-state index in [1.54, 1.807) is 24.5 Å². The first-order valence-electron chi connectivity index (χ1n) is 5.97. The molecule has 0 fully saturated rings. The van der Waals surface area contributed by atoms with Crippen molar-refractivity contribution in [3.05, 3.63) is 53.5 Å². The minimum absolute atomic E-state index is 0.0429. The molecule has 1 aromatic heterocycles. The maximum atomic E-state index is 11.6. The van der Waals surface area contributed by atoms with E-state index in [0.29, 0.717) is 16.8 Å². The Morgan fingerprint density at radius 3 is 2.79 bits per heavy atom. The Labute approximate surface area is 111 Å². The molecular weight excluding hydrogens is 240 g/mol. The molecule has 1 unspecified atom stereocenters. The van der Waals surface area contributed by atoms with Crippen LogP contribution in [0.25, 0.3) is 0 Å². The van der Waals surface area contributed by atoms with Crippen LogP contribution in [0.4, 0.5) is 5.69 Å².